The Labute approximate surface area is 184 Å². The second kappa shape index (κ2) is 10.9. The SMILES string of the molecule is Cc1nnc(-c2ccc(OCCC[C@H](CC=N)C3CCN(CC(F)(F)F)CC3)cc2F)o1. The number of aromatic nitrogens is 2. The molecule has 10 heteroatoms. The van der Waals surface area contributed by atoms with Crippen molar-refractivity contribution in [2.45, 2.75) is 45.2 Å². The summed E-state index contributed by atoms with van der Waals surface area (Å²) in [6.07, 6.45) is 0.751. The van der Waals surface area contributed by atoms with Gasteiger partial charge in [-0.3, -0.25) is 4.90 Å². The number of aryl methyl sites for hydroxylation is 1. The van der Waals surface area contributed by atoms with E-state index in [0.717, 1.165) is 6.42 Å². The summed E-state index contributed by atoms with van der Waals surface area (Å²) in [5, 5.41) is 15.0. The average molecular weight is 456 g/mol. The molecule has 1 aliphatic rings. The van der Waals surface area contributed by atoms with E-state index in [1.165, 1.54) is 23.2 Å². The summed E-state index contributed by atoms with van der Waals surface area (Å²) in [5.41, 5.74) is 0.209. The van der Waals surface area contributed by atoms with Crippen LogP contribution in [0.25, 0.3) is 11.5 Å². The molecule has 0 amide bonds. The fraction of sp³-hybridized carbons (Fsp3) is 0.591. The van der Waals surface area contributed by atoms with Crippen molar-refractivity contribution in [3.8, 4) is 17.2 Å². The minimum Gasteiger partial charge on any atom is -0.493 e. The van der Waals surface area contributed by atoms with Crippen LogP contribution in [0.3, 0.4) is 0 Å². The van der Waals surface area contributed by atoms with Gasteiger partial charge in [0.25, 0.3) is 5.89 Å². The van der Waals surface area contributed by atoms with Gasteiger partial charge in [0, 0.05) is 13.0 Å². The Kier molecular flexibility index (Phi) is 8.22. The van der Waals surface area contributed by atoms with Crippen molar-refractivity contribution in [1.29, 1.82) is 5.41 Å². The first-order chi connectivity index (χ1) is 15.2. The molecule has 1 saturated heterocycles. The van der Waals surface area contributed by atoms with Gasteiger partial charge < -0.3 is 14.6 Å². The van der Waals surface area contributed by atoms with Crippen molar-refractivity contribution in [1.82, 2.24) is 15.1 Å². The predicted molar refractivity (Wildman–Crippen MR) is 111 cm³/mol. The number of piperidine rings is 1. The molecule has 176 valence electrons. The number of halogens is 4. The van der Waals surface area contributed by atoms with Crippen LogP contribution in [0, 0.1) is 30.0 Å². The number of hydrogen-bond donors (Lipinski definition) is 1. The molecule has 1 aliphatic heterocycles. The number of ether oxygens (including phenoxy) is 1. The van der Waals surface area contributed by atoms with E-state index < -0.39 is 18.5 Å². The van der Waals surface area contributed by atoms with Crippen LogP contribution in [-0.2, 0) is 0 Å². The smallest absolute Gasteiger partial charge is 0.401 e. The molecule has 2 aromatic rings. The Bertz CT molecular complexity index is 879. The van der Waals surface area contributed by atoms with Crippen molar-refractivity contribution < 1.29 is 26.7 Å². The molecule has 1 aromatic heterocycles. The minimum absolute atomic E-state index is 0.113. The monoisotopic (exact) mass is 456 g/mol. The van der Waals surface area contributed by atoms with Crippen LogP contribution in [-0.4, -0.2) is 53.7 Å². The summed E-state index contributed by atoms with van der Waals surface area (Å²) < 4.78 is 63.0. The summed E-state index contributed by atoms with van der Waals surface area (Å²) in [6.45, 7) is 2.02. The van der Waals surface area contributed by atoms with Crippen LogP contribution in [0.5, 0.6) is 5.75 Å². The van der Waals surface area contributed by atoms with Crippen LogP contribution in [0.2, 0.25) is 0 Å². The highest BCUT2D eigenvalue weighted by Gasteiger charge is 2.33. The zero-order chi connectivity index (χ0) is 23.1. The molecular formula is C22H28F4N4O2. The summed E-state index contributed by atoms with van der Waals surface area (Å²) in [7, 11) is 0. The van der Waals surface area contributed by atoms with Crippen LogP contribution in [0.4, 0.5) is 17.6 Å². The topological polar surface area (TPSA) is 75.2 Å². The summed E-state index contributed by atoms with van der Waals surface area (Å²) in [4.78, 5) is 1.45. The van der Waals surface area contributed by atoms with Crippen molar-refractivity contribution in [2.75, 3.05) is 26.2 Å². The molecule has 3 rings (SSSR count). The van der Waals surface area contributed by atoms with E-state index in [-0.39, 0.29) is 17.4 Å². The third-order valence-electron chi connectivity index (χ3n) is 5.81. The lowest BCUT2D eigenvalue weighted by Crippen LogP contribution is -2.41. The summed E-state index contributed by atoms with van der Waals surface area (Å²) in [5.74, 6) is 0.886. The van der Waals surface area contributed by atoms with E-state index in [1.807, 2.05) is 0 Å². The van der Waals surface area contributed by atoms with E-state index in [1.54, 1.807) is 13.0 Å². The lowest BCUT2D eigenvalue weighted by molar-refractivity contribution is -0.149. The molecule has 1 fully saturated rings. The number of nitrogens with one attached hydrogen (secondary N) is 1. The third-order valence-corrected chi connectivity index (χ3v) is 5.81. The van der Waals surface area contributed by atoms with Gasteiger partial charge in [0.2, 0.25) is 5.89 Å². The third kappa shape index (κ3) is 7.01. The molecule has 32 heavy (non-hydrogen) atoms. The van der Waals surface area contributed by atoms with Gasteiger partial charge in [0.05, 0.1) is 18.7 Å². The van der Waals surface area contributed by atoms with Crippen molar-refractivity contribution in [3.63, 3.8) is 0 Å². The highest BCUT2D eigenvalue weighted by molar-refractivity contribution is 5.55. The maximum Gasteiger partial charge on any atom is 0.401 e. The predicted octanol–water partition coefficient (Wildman–Crippen LogP) is 5.27. The molecule has 0 aliphatic carbocycles. The van der Waals surface area contributed by atoms with Gasteiger partial charge in [-0.1, -0.05) is 0 Å². The maximum atomic E-state index is 14.4. The van der Waals surface area contributed by atoms with Gasteiger partial charge in [-0.15, -0.1) is 10.2 Å². The molecule has 6 nitrogen and oxygen atoms in total. The van der Waals surface area contributed by atoms with Gasteiger partial charge in [-0.05, 0) is 75.4 Å². The second-order valence-corrected chi connectivity index (χ2v) is 8.19. The average Bonchev–Trinajstić information content (AvgIpc) is 3.16. The molecule has 1 aromatic carbocycles. The number of benzene rings is 1. The quantitative estimate of drug-likeness (QED) is 0.299. The number of alkyl halides is 3. The Morgan fingerprint density at radius 3 is 2.62 bits per heavy atom. The van der Waals surface area contributed by atoms with E-state index >= 15 is 0 Å². The van der Waals surface area contributed by atoms with Crippen molar-refractivity contribution >= 4 is 6.21 Å². The lowest BCUT2D eigenvalue weighted by atomic mass is 9.80. The molecule has 1 atom stereocenters. The molecule has 0 unspecified atom stereocenters. The number of rotatable bonds is 10. The Balaban J connectivity index is 1.45. The van der Waals surface area contributed by atoms with Gasteiger partial charge in [-0.2, -0.15) is 13.2 Å². The summed E-state index contributed by atoms with van der Waals surface area (Å²) in [6, 6.07) is 4.45. The van der Waals surface area contributed by atoms with E-state index in [4.69, 9.17) is 14.6 Å². The molecule has 0 spiro atoms. The van der Waals surface area contributed by atoms with Crippen LogP contribution in [0.1, 0.15) is 38.0 Å². The van der Waals surface area contributed by atoms with Crippen molar-refractivity contribution in [2.24, 2.45) is 11.8 Å². The first-order valence-electron chi connectivity index (χ1n) is 10.8. The number of nitrogens with zero attached hydrogens (tertiary/aromatic N) is 3. The second-order valence-electron chi connectivity index (χ2n) is 8.19. The van der Waals surface area contributed by atoms with E-state index in [0.29, 0.717) is 62.9 Å². The normalized spacial score (nSPS) is 16.8. The van der Waals surface area contributed by atoms with Crippen LogP contribution in [0.15, 0.2) is 22.6 Å². The molecule has 1 N–H and O–H groups in total. The Morgan fingerprint density at radius 1 is 1.28 bits per heavy atom. The molecule has 0 radical (unpaired) electrons. The number of likely N-dealkylation sites (tertiary alicyclic amines) is 1. The summed E-state index contributed by atoms with van der Waals surface area (Å²) >= 11 is 0. The highest BCUT2D eigenvalue weighted by Crippen LogP contribution is 2.32. The first-order valence-corrected chi connectivity index (χ1v) is 10.8. The van der Waals surface area contributed by atoms with Gasteiger partial charge in [0.1, 0.15) is 11.6 Å². The largest absolute Gasteiger partial charge is 0.493 e. The maximum absolute atomic E-state index is 14.4. The Hall–Kier alpha value is -2.49. The van der Waals surface area contributed by atoms with Crippen molar-refractivity contribution in [3.05, 3.63) is 29.9 Å². The molecule has 0 saturated carbocycles. The number of hydrogen-bond acceptors (Lipinski definition) is 6. The Morgan fingerprint density at radius 2 is 2.03 bits per heavy atom. The highest BCUT2D eigenvalue weighted by atomic mass is 19.4. The molecule has 0 bridgehead atoms. The molecule has 2 heterocycles. The lowest BCUT2D eigenvalue weighted by Gasteiger charge is -2.36. The van der Waals surface area contributed by atoms with E-state index in [9.17, 15) is 17.6 Å². The minimum atomic E-state index is -4.17. The fourth-order valence-electron chi connectivity index (χ4n) is 4.23. The van der Waals surface area contributed by atoms with Crippen LogP contribution >= 0.6 is 0 Å². The molecular weight excluding hydrogens is 428 g/mol. The zero-order valence-electron chi connectivity index (χ0n) is 18.0. The van der Waals surface area contributed by atoms with Crippen LogP contribution < -0.4 is 4.74 Å². The van der Waals surface area contributed by atoms with Gasteiger partial charge in [-0.25, -0.2) is 4.39 Å². The zero-order valence-corrected chi connectivity index (χ0v) is 18.0. The standard InChI is InChI=1S/C22H28F4N4O2/c1-15-28-29-21(32-15)19-5-4-18(13-20(19)23)31-12-2-3-16(6-9-27)17-7-10-30(11-8-17)14-22(24,25)26/h4-5,9,13,16-17,27H,2-3,6-8,10-12,14H2,1H3/t16-/m1/s1. The van der Waals surface area contributed by atoms with Gasteiger partial charge >= 0.3 is 6.18 Å². The fourth-order valence-corrected chi connectivity index (χ4v) is 4.23. The first kappa shape index (κ1) is 24.2. The van der Waals surface area contributed by atoms with Gasteiger partial charge in [0.15, 0.2) is 0 Å². The van der Waals surface area contributed by atoms with E-state index in [2.05, 4.69) is 10.2 Å².